The Morgan fingerprint density at radius 3 is 2.80 bits per heavy atom. The highest BCUT2D eigenvalue weighted by Crippen LogP contribution is 2.41. The fraction of sp³-hybridized carbons (Fsp3) is 0.214. The van der Waals surface area contributed by atoms with Crippen LogP contribution in [0.4, 0.5) is 5.69 Å². The second-order valence-electron chi connectivity index (χ2n) is 4.51. The molecule has 20 heavy (non-hydrogen) atoms. The van der Waals surface area contributed by atoms with Crippen LogP contribution in [0.5, 0.6) is 5.75 Å². The summed E-state index contributed by atoms with van der Waals surface area (Å²) >= 11 is 18.0. The lowest BCUT2D eigenvalue weighted by atomic mass is 10.0. The van der Waals surface area contributed by atoms with E-state index in [1.54, 1.807) is 18.3 Å². The van der Waals surface area contributed by atoms with Crippen LogP contribution < -0.4 is 10.1 Å². The van der Waals surface area contributed by atoms with E-state index >= 15 is 0 Å². The molecule has 1 aromatic carbocycles. The van der Waals surface area contributed by atoms with Gasteiger partial charge in [-0.05, 0) is 24.3 Å². The molecule has 1 unspecified atom stereocenters. The Hall–Kier alpha value is -1.16. The Labute approximate surface area is 131 Å². The first-order valence-electron chi connectivity index (χ1n) is 6.13. The SMILES string of the molecule is Clc1cc(Cl)c2c(c1)C(Nc1ccc(Cl)nc1)CCO2. The summed E-state index contributed by atoms with van der Waals surface area (Å²) in [6.45, 7) is 0.604. The van der Waals surface area contributed by atoms with Crippen LogP contribution in [-0.4, -0.2) is 11.6 Å². The number of nitrogens with zero attached hydrogens (tertiary/aromatic N) is 1. The predicted octanol–water partition coefficient (Wildman–Crippen LogP) is 4.98. The normalized spacial score (nSPS) is 17.2. The minimum Gasteiger partial charge on any atom is -0.492 e. The smallest absolute Gasteiger partial charge is 0.143 e. The summed E-state index contributed by atoms with van der Waals surface area (Å²) in [6.07, 6.45) is 2.52. The fourth-order valence-electron chi connectivity index (χ4n) is 2.24. The van der Waals surface area contributed by atoms with E-state index in [-0.39, 0.29) is 6.04 Å². The summed E-state index contributed by atoms with van der Waals surface area (Å²) in [6, 6.07) is 7.28. The van der Waals surface area contributed by atoms with Gasteiger partial charge in [-0.3, -0.25) is 0 Å². The summed E-state index contributed by atoms with van der Waals surface area (Å²) in [5, 5.41) is 5.00. The van der Waals surface area contributed by atoms with Gasteiger partial charge in [-0.25, -0.2) is 4.98 Å². The average molecular weight is 330 g/mol. The van der Waals surface area contributed by atoms with Crippen molar-refractivity contribution < 1.29 is 4.74 Å². The molecule has 0 bridgehead atoms. The Morgan fingerprint density at radius 1 is 1.20 bits per heavy atom. The molecular formula is C14H11Cl3N2O. The average Bonchev–Trinajstić information content (AvgIpc) is 2.42. The Balaban J connectivity index is 1.91. The minimum atomic E-state index is 0.0814. The number of hydrogen-bond acceptors (Lipinski definition) is 3. The molecule has 0 fully saturated rings. The molecule has 1 aromatic heterocycles. The number of aromatic nitrogens is 1. The molecule has 1 aliphatic rings. The lowest BCUT2D eigenvalue weighted by molar-refractivity contribution is 0.274. The van der Waals surface area contributed by atoms with E-state index in [4.69, 9.17) is 39.5 Å². The molecule has 1 aliphatic heterocycles. The van der Waals surface area contributed by atoms with E-state index in [2.05, 4.69) is 10.3 Å². The van der Waals surface area contributed by atoms with E-state index in [0.717, 1.165) is 17.7 Å². The molecular weight excluding hydrogens is 319 g/mol. The van der Waals surface area contributed by atoms with E-state index in [9.17, 15) is 0 Å². The van der Waals surface area contributed by atoms with Crippen molar-refractivity contribution in [2.75, 3.05) is 11.9 Å². The number of hydrogen-bond donors (Lipinski definition) is 1. The predicted molar refractivity (Wildman–Crippen MR) is 82.2 cm³/mol. The number of fused-ring (bicyclic) bond motifs is 1. The second-order valence-corrected chi connectivity index (χ2v) is 5.74. The molecule has 104 valence electrons. The van der Waals surface area contributed by atoms with Crippen molar-refractivity contribution in [3.05, 3.63) is 51.2 Å². The molecule has 2 aromatic rings. The molecule has 0 spiro atoms. The lowest BCUT2D eigenvalue weighted by Gasteiger charge is -2.28. The van der Waals surface area contributed by atoms with Crippen molar-refractivity contribution in [3.63, 3.8) is 0 Å². The minimum absolute atomic E-state index is 0.0814. The van der Waals surface area contributed by atoms with Crippen molar-refractivity contribution in [3.8, 4) is 5.75 Å². The largest absolute Gasteiger partial charge is 0.492 e. The molecule has 2 heterocycles. The van der Waals surface area contributed by atoms with Crippen molar-refractivity contribution in [1.82, 2.24) is 4.98 Å². The van der Waals surface area contributed by atoms with E-state index in [0.29, 0.717) is 27.6 Å². The summed E-state index contributed by atoms with van der Waals surface area (Å²) in [4.78, 5) is 4.06. The monoisotopic (exact) mass is 328 g/mol. The third-order valence-electron chi connectivity index (χ3n) is 3.13. The zero-order chi connectivity index (χ0) is 14.1. The summed E-state index contributed by atoms with van der Waals surface area (Å²) < 4.78 is 5.63. The van der Waals surface area contributed by atoms with Crippen LogP contribution in [0.15, 0.2) is 30.5 Å². The highest BCUT2D eigenvalue weighted by atomic mass is 35.5. The zero-order valence-electron chi connectivity index (χ0n) is 10.4. The van der Waals surface area contributed by atoms with Gasteiger partial charge < -0.3 is 10.1 Å². The molecule has 6 heteroatoms. The van der Waals surface area contributed by atoms with Gasteiger partial charge in [0.2, 0.25) is 0 Å². The highest BCUT2D eigenvalue weighted by Gasteiger charge is 2.24. The highest BCUT2D eigenvalue weighted by molar-refractivity contribution is 6.35. The molecule has 0 aliphatic carbocycles. The summed E-state index contributed by atoms with van der Waals surface area (Å²) in [5.41, 5.74) is 1.85. The van der Waals surface area contributed by atoms with Gasteiger partial charge in [0.25, 0.3) is 0 Å². The standard InChI is InChI=1S/C14H11Cl3N2O/c15-8-5-10-12(3-4-20-14(10)11(16)6-8)19-9-1-2-13(17)18-7-9/h1-2,5-7,12,19H,3-4H2. The Morgan fingerprint density at radius 2 is 2.05 bits per heavy atom. The molecule has 3 rings (SSSR count). The molecule has 1 atom stereocenters. The fourth-order valence-corrected chi connectivity index (χ4v) is 2.91. The molecule has 1 N–H and O–H groups in total. The first-order valence-corrected chi connectivity index (χ1v) is 7.27. The molecule has 0 amide bonds. The molecule has 3 nitrogen and oxygen atoms in total. The number of ether oxygens (including phenoxy) is 1. The van der Waals surface area contributed by atoms with E-state index in [1.165, 1.54) is 0 Å². The van der Waals surface area contributed by atoms with Gasteiger partial charge in [0, 0.05) is 17.0 Å². The van der Waals surface area contributed by atoms with Gasteiger partial charge in [0.05, 0.1) is 29.6 Å². The lowest BCUT2D eigenvalue weighted by Crippen LogP contribution is -2.20. The topological polar surface area (TPSA) is 34.2 Å². The van der Waals surface area contributed by atoms with Crippen LogP contribution in [0, 0.1) is 0 Å². The van der Waals surface area contributed by atoms with Gasteiger partial charge >= 0.3 is 0 Å². The zero-order valence-corrected chi connectivity index (χ0v) is 12.6. The van der Waals surface area contributed by atoms with E-state index in [1.807, 2.05) is 12.1 Å². The maximum absolute atomic E-state index is 6.17. The van der Waals surface area contributed by atoms with E-state index < -0.39 is 0 Å². The van der Waals surface area contributed by atoms with Crippen LogP contribution in [0.25, 0.3) is 0 Å². The van der Waals surface area contributed by atoms with Crippen LogP contribution in [0.2, 0.25) is 15.2 Å². The van der Waals surface area contributed by atoms with Crippen LogP contribution >= 0.6 is 34.8 Å². The Bertz CT molecular complexity index is 631. The number of rotatable bonds is 2. The van der Waals surface area contributed by atoms with Crippen molar-refractivity contribution in [2.45, 2.75) is 12.5 Å². The number of pyridine rings is 1. The number of anilines is 1. The summed E-state index contributed by atoms with van der Waals surface area (Å²) in [5.74, 6) is 0.696. The van der Waals surface area contributed by atoms with Crippen LogP contribution in [0.3, 0.4) is 0 Å². The second kappa shape index (κ2) is 5.68. The third-order valence-corrected chi connectivity index (χ3v) is 3.86. The van der Waals surface area contributed by atoms with Gasteiger partial charge in [-0.15, -0.1) is 0 Å². The third kappa shape index (κ3) is 2.80. The maximum Gasteiger partial charge on any atom is 0.143 e. The van der Waals surface area contributed by atoms with Gasteiger partial charge in [0.15, 0.2) is 0 Å². The number of benzene rings is 1. The van der Waals surface area contributed by atoms with Crippen LogP contribution in [0.1, 0.15) is 18.0 Å². The molecule has 0 saturated carbocycles. The van der Waals surface area contributed by atoms with Gasteiger partial charge in [-0.1, -0.05) is 34.8 Å². The Kier molecular flexibility index (Phi) is 3.92. The molecule has 0 saturated heterocycles. The quantitative estimate of drug-likeness (QED) is 0.789. The van der Waals surface area contributed by atoms with Crippen LogP contribution in [-0.2, 0) is 0 Å². The van der Waals surface area contributed by atoms with Crippen molar-refractivity contribution >= 4 is 40.5 Å². The van der Waals surface area contributed by atoms with Crippen molar-refractivity contribution in [2.24, 2.45) is 0 Å². The van der Waals surface area contributed by atoms with Gasteiger partial charge in [-0.2, -0.15) is 0 Å². The summed E-state index contributed by atoms with van der Waals surface area (Å²) in [7, 11) is 0. The van der Waals surface area contributed by atoms with Gasteiger partial charge in [0.1, 0.15) is 10.9 Å². The molecule has 0 radical (unpaired) electrons. The maximum atomic E-state index is 6.17. The first-order chi connectivity index (χ1) is 9.63. The first kappa shape index (κ1) is 13.8. The number of halogens is 3. The number of nitrogens with one attached hydrogen (secondary N) is 1. The van der Waals surface area contributed by atoms with Crippen molar-refractivity contribution in [1.29, 1.82) is 0 Å².